The lowest BCUT2D eigenvalue weighted by Gasteiger charge is -2.36. The number of hydrogen-bond donors (Lipinski definition) is 3. The molecule has 1 unspecified atom stereocenters. The maximum atomic E-state index is 12.4. The van der Waals surface area contributed by atoms with Crippen LogP contribution in [0.4, 0.5) is 0 Å². The number of rotatable bonds is 14. The van der Waals surface area contributed by atoms with Crippen LogP contribution in [-0.2, 0) is 28.6 Å². The number of carbonyl (C=O) groups excluding carboxylic acids is 3. The zero-order chi connectivity index (χ0) is 25.0. The van der Waals surface area contributed by atoms with Gasteiger partial charge in [-0.15, -0.1) is 0 Å². The molecule has 180 valence electrons. The number of aromatic amines is 2. The summed E-state index contributed by atoms with van der Waals surface area (Å²) in [6.07, 6.45) is 1.74. The Kier molecular flexibility index (Phi) is 10.5. The van der Waals surface area contributed by atoms with Gasteiger partial charge in [-0.1, -0.05) is 19.7 Å². The van der Waals surface area contributed by atoms with Crippen molar-refractivity contribution in [2.75, 3.05) is 19.8 Å². The fraction of sp³-hybridized carbons (Fsp3) is 0.400. The second kappa shape index (κ2) is 12.8. The molecular formula is C20H25N3O10. The van der Waals surface area contributed by atoms with Crippen molar-refractivity contribution < 1.29 is 33.7 Å². The number of hydrogen-bond acceptors (Lipinski definition) is 10. The average molecular weight is 467 g/mol. The van der Waals surface area contributed by atoms with Crippen molar-refractivity contribution in [1.29, 1.82) is 0 Å². The van der Waals surface area contributed by atoms with Crippen LogP contribution in [0.15, 0.2) is 52.3 Å². The van der Waals surface area contributed by atoms with Gasteiger partial charge in [0.25, 0.3) is 0 Å². The van der Waals surface area contributed by atoms with Crippen LogP contribution in [-0.4, -0.2) is 63.0 Å². The molecule has 0 saturated carbocycles. The molecule has 0 amide bonds. The van der Waals surface area contributed by atoms with Crippen molar-refractivity contribution in [1.82, 2.24) is 14.5 Å². The largest absolute Gasteiger partial charge is 0.462 e. The number of esters is 3. The van der Waals surface area contributed by atoms with Gasteiger partial charge in [0, 0.05) is 37.5 Å². The summed E-state index contributed by atoms with van der Waals surface area (Å²) in [5.41, 5.74) is -5.37. The molecule has 0 aliphatic carbocycles. The van der Waals surface area contributed by atoms with E-state index in [0.717, 1.165) is 18.2 Å². The Hall–Kier alpha value is -4.00. The Morgan fingerprint density at radius 1 is 0.848 bits per heavy atom. The van der Waals surface area contributed by atoms with Crippen LogP contribution in [0.5, 0.6) is 0 Å². The molecule has 0 spiro atoms. The van der Waals surface area contributed by atoms with Crippen molar-refractivity contribution >= 4 is 17.9 Å². The highest BCUT2D eigenvalue weighted by Crippen LogP contribution is 2.31. The summed E-state index contributed by atoms with van der Waals surface area (Å²) in [5.74, 6) is -2.36. The van der Waals surface area contributed by atoms with E-state index in [4.69, 9.17) is 14.2 Å². The van der Waals surface area contributed by atoms with Gasteiger partial charge in [0.2, 0.25) is 0 Å². The first-order valence-electron chi connectivity index (χ1n) is 9.63. The first-order valence-corrected chi connectivity index (χ1v) is 9.63. The normalized spacial score (nSPS) is 11.7. The molecule has 1 rings (SSSR count). The SMILES string of the molecule is C=CC(=O)OCCC(n1c(=O)[nH]c(=O)[nH]c1=O)C(O)(CCOC(=O)C=C)CCOC(=O)C=C. The summed E-state index contributed by atoms with van der Waals surface area (Å²) in [6.45, 7) is 8.65. The van der Waals surface area contributed by atoms with Gasteiger partial charge in [0.05, 0.1) is 31.5 Å². The Labute approximate surface area is 187 Å². The summed E-state index contributed by atoms with van der Waals surface area (Å²) >= 11 is 0. The zero-order valence-electron chi connectivity index (χ0n) is 17.7. The highest BCUT2D eigenvalue weighted by atomic mass is 16.5. The highest BCUT2D eigenvalue weighted by Gasteiger charge is 2.40. The fourth-order valence-electron chi connectivity index (χ4n) is 2.92. The van der Waals surface area contributed by atoms with Crippen molar-refractivity contribution in [3.63, 3.8) is 0 Å². The second-order valence-electron chi connectivity index (χ2n) is 6.58. The molecule has 1 heterocycles. The minimum absolute atomic E-state index is 0.282. The minimum Gasteiger partial charge on any atom is -0.462 e. The molecule has 3 N–H and O–H groups in total. The van der Waals surface area contributed by atoms with Gasteiger partial charge >= 0.3 is 35.0 Å². The van der Waals surface area contributed by atoms with Gasteiger partial charge in [-0.3, -0.25) is 9.97 Å². The summed E-state index contributed by atoms with van der Waals surface area (Å²) in [5, 5.41) is 11.4. The monoisotopic (exact) mass is 467 g/mol. The third-order valence-electron chi connectivity index (χ3n) is 4.50. The second-order valence-corrected chi connectivity index (χ2v) is 6.58. The van der Waals surface area contributed by atoms with E-state index in [-0.39, 0.29) is 39.1 Å². The third-order valence-corrected chi connectivity index (χ3v) is 4.50. The van der Waals surface area contributed by atoms with E-state index in [9.17, 15) is 33.9 Å². The van der Waals surface area contributed by atoms with E-state index in [1.807, 2.05) is 9.97 Å². The molecule has 1 aromatic rings. The fourth-order valence-corrected chi connectivity index (χ4v) is 2.92. The van der Waals surface area contributed by atoms with E-state index in [0.29, 0.717) is 4.57 Å². The van der Waals surface area contributed by atoms with Crippen LogP contribution in [0.1, 0.15) is 25.3 Å². The molecule has 0 saturated heterocycles. The van der Waals surface area contributed by atoms with Crippen LogP contribution in [0.3, 0.4) is 0 Å². The molecule has 0 radical (unpaired) electrons. The summed E-state index contributed by atoms with van der Waals surface area (Å²) < 4.78 is 15.2. The molecule has 33 heavy (non-hydrogen) atoms. The average Bonchev–Trinajstić information content (AvgIpc) is 2.76. The van der Waals surface area contributed by atoms with Crippen molar-refractivity contribution in [2.45, 2.75) is 30.9 Å². The smallest absolute Gasteiger partial charge is 0.334 e. The number of nitrogens with zero attached hydrogens (tertiary/aromatic N) is 1. The van der Waals surface area contributed by atoms with Crippen LogP contribution in [0, 0.1) is 0 Å². The number of nitrogens with one attached hydrogen (secondary N) is 2. The number of aromatic nitrogens is 3. The number of ether oxygens (including phenoxy) is 3. The first-order chi connectivity index (χ1) is 15.6. The van der Waals surface area contributed by atoms with Crippen LogP contribution < -0.4 is 17.1 Å². The Morgan fingerprint density at radius 2 is 1.24 bits per heavy atom. The van der Waals surface area contributed by atoms with Crippen LogP contribution >= 0.6 is 0 Å². The molecule has 0 bridgehead atoms. The quantitative estimate of drug-likeness (QED) is 0.171. The minimum atomic E-state index is -2.02. The lowest BCUT2D eigenvalue weighted by molar-refractivity contribution is -0.145. The Balaban J connectivity index is 3.39. The van der Waals surface area contributed by atoms with E-state index in [1.165, 1.54) is 0 Å². The van der Waals surface area contributed by atoms with Crippen LogP contribution in [0.25, 0.3) is 0 Å². The number of carbonyl (C=O) groups is 3. The molecular weight excluding hydrogens is 442 g/mol. The molecule has 1 atom stereocenters. The number of aliphatic hydroxyl groups is 1. The zero-order valence-corrected chi connectivity index (χ0v) is 17.7. The van der Waals surface area contributed by atoms with Crippen molar-refractivity contribution in [3.8, 4) is 0 Å². The lowest BCUT2D eigenvalue weighted by atomic mass is 9.85. The molecule has 13 heteroatoms. The maximum Gasteiger partial charge on any atom is 0.334 e. The number of H-pyrrole nitrogens is 2. The lowest BCUT2D eigenvalue weighted by Crippen LogP contribution is -2.53. The maximum absolute atomic E-state index is 12.4. The Bertz CT molecular complexity index is 1000. The van der Waals surface area contributed by atoms with Gasteiger partial charge in [0.15, 0.2) is 0 Å². The predicted molar refractivity (Wildman–Crippen MR) is 113 cm³/mol. The van der Waals surface area contributed by atoms with Crippen LogP contribution in [0.2, 0.25) is 0 Å². The predicted octanol–water partition coefficient (Wildman–Crippen LogP) is -1.14. The van der Waals surface area contributed by atoms with E-state index < -0.39 is 46.6 Å². The highest BCUT2D eigenvalue weighted by molar-refractivity contribution is 5.81. The van der Waals surface area contributed by atoms with E-state index in [2.05, 4.69) is 19.7 Å². The van der Waals surface area contributed by atoms with E-state index in [1.54, 1.807) is 0 Å². The summed E-state index contributed by atoms with van der Waals surface area (Å²) in [6, 6.07) is -1.41. The first kappa shape index (κ1) is 27.0. The van der Waals surface area contributed by atoms with Gasteiger partial charge < -0.3 is 19.3 Å². The standard InChI is InChI=1S/C20H25N3O10/c1-4-14(24)31-10-7-13(23-18(28)21-17(27)22-19(23)29)20(30,8-11-32-15(25)5-2)9-12-33-16(26)6-3/h4-6,13,30H,1-3,7-12H2,(H2,21,22,27,28,29). The molecule has 0 aliphatic rings. The molecule has 13 nitrogen and oxygen atoms in total. The summed E-state index contributed by atoms with van der Waals surface area (Å²) in [7, 11) is 0. The van der Waals surface area contributed by atoms with Gasteiger partial charge in [-0.2, -0.15) is 0 Å². The molecule has 1 aromatic heterocycles. The molecule has 0 fully saturated rings. The van der Waals surface area contributed by atoms with Gasteiger partial charge in [-0.25, -0.2) is 33.3 Å². The Morgan fingerprint density at radius 3 is 1.64 bits per heavy atom. The molecule has 0 aliphatic heterocycles. The van der Waals surface area contributed by atoms with Gasteiger partial charge in [-0.05, 0) is 0 Å². The topological polar surface area (TPSA) is 187 Å². The molecule has 0 aromatic carbocycles. The van der Waals surface area contributed by atoms with Crippen molar-refractivity contribution in [2.24, 2.45) is 0 Å². The van der Waals surface area contributed by atoms with E-state index >= 15 is 0 Å². The van der Waals surface area contributed by atoms with Crippen molar-refractivity contribution in [3.05, 3.63) is 69.4 Å². The summed E-state index contributed by atoms with van der Waals surface area (Å²) in [4.78, 5) is 74.2. The van der Waals surface area contributed by atoms with Gasteiger partial charge in [0.1, 0.15) is 0 Å². The third kappa shape index (κ3) is 8.22.